The lowest BCUT2D eigenvalue weighted by atomic mass is 9.70. The number of aliphatic hydroxyl groups is 3. The molecule has 6 atom stereocenters. The van der Waals surface area contributed by atoms with E-state index in [4.69, 9.17) is 30.5 Å². The van der Waals surface area contributed by atoms with Gasteiger partial charge in [0.1, 0.15) is 6.10 Å². The van der Waals surface area contributed by atoms with Crippen molar-refractivity contribution >= 4 is 11.6 Å². The Balaban J connectivity index is 1.32. The first kappa shape index (κ1) is 41.5. The molecule has 0 radical (unpaired) electrons. The average Bonchev–Trinajstić information content (AvgIpc) is 3.27. The monoisotopic (exact) mass is 798 g/mol. The second-order valence-corrected chi connectivity index (χ2v) is 15.3. The molecule has 0 amide bonds. The molecule has 1 aliphatic carbocycles. The summed E-state index contributed by atoms with van der Waals surface area (Å²) in [6.45, 7) is 3.29. The Morgan fingerprint density at radius 1 is 0.534 bits per heavy atom. The molecule has 58 heavy (non-hydrogen) atoms. The van der Waals surface area contributed by atoms with Crippen LogP contribution in [0.5, 0.6) is 0 Å². The molecule has 1 fully saturated rings. The Labute approximate surface area is 346 Å². The SMILES string of the molecule is CCc1ccc(C(O)(O)c2cc(C3C(O)C(COCc4ccccc4)C(OCc4ccccc4)C(OCc4ccccc4)C3OCc3ccccc3)ccc2Cl)cc1. The van der Waals surface area contributed by atoms with Crippen LogP contribution >= 0.6 is 11.6 Å². The van der Waals surface area contributed by atoms with E-state index in [1.807, 2.05) is 146 Å². The summed E-state index contributed by atoms with van der Waals surface area (Å²) in [5, 5.41) is 36.5. The first-order valence-electron chi connectivity index (χ1n) is 19.9. The van der Waals surface area contributed by atoms with Crippen LogP contribution in [-0.4, -0.2) is 46.3 Å². The summed E-state index contributed by atoms with van der Waals surface area (Å²) in [5.74, 6) is -3.76. The fourth-order valence-electron chi connectivity index (χ4n) is 7.81. The molecule has 1 aliphatic rings. The third kappa shape index (κ3) is 10.1. The number of rotatable bonds is 17. The van der Waals surface area contributed by atoms with Gasteiger partial charge in [0.25, 0.3) is 0 Å². The topological polar surface area (TPSA) is 97.6 Å². The zero-order chi connectivity index (χ0) is 40.3. The van der Waals surface area contributed by atoms with Crippen molar-refractivity contribution in [3.05, 3.63) is 213 Å². The molecule has 0 aromatic heterocycles. The van der Waals surface area contributed by atoms with Crippen molar-refractivity contribution in [1.82, 2.24) is 0 Å². The number of ether oxygens (including phenoxy) is 4. The van der Waals surface area contributed by atoms with Crippen LogP contribution in [0.15, 0.2) is 164 Å². The predicted octanol–water partition coefficient (Wildman–Crippen LogP) is 9.14. The molecule has 7 rings (SSSR count). The maximum absolute atomic E-state index is 12.8. The smallest absolute Gasteiger partial charge is 0.218 e. The molecule has 6 aromatic rings. The number of hydrogen-bond donors (Lipinski definition) is 3. The fourth-order valence-corrected chi connectivity index (χ4v) is 8.06. The van der Waals surface area contributed by atoms with Gasteiger partial charge in [-0.25, -0.2) is 0 Å². The molecule has 0 spiro atoms. The molecule has 6 unspecified atom stereocenters. The summed E-state index contributed by atoms with van der Waals surface area (Å²) in [5.41, 5.74) is 5.93. The van der Waals surface area contributed by atoms with E-state index in [0.717, 1.165) is 34.2 Å². The molecule has 300 valence electrons. The minimum atomic E-state index is -2.43. The van der Waals surface area contributed by atoms with Crippen LogP contribution in [0.25, 0.3) is 0 Å². The van der Waals surface area contributed by atoms with Gasteiger partial charge in [-0.15, -0.1) is 0 Å². The normalized spacial score (nSPS) is 20.8. The van der Waals surface area contributed by atoms with Gasteiger partial charge in [-0.1, -0.05) is 170 Å². The number of hydrogen-bond acceptors (Lipinski definition) is 7. The lowest BCUT2D eigenvalue weighted by Gasteiger charge is -2.49. The van der Waals surface area contributed by atoms with Crippen molar-refractivity contribution in [2.45, 2.75) is 75.9 Å². The first-order chi connectivity index (χ1) is 28.3. The molecule has 7 nitrogen and oxygen atoms in total. The number of halogens is 1. The molecule has 0 saturated heterocycles. The maximum Gasteiger partial charge on any atom is 0.218 e. The van der Waals surface area contributed by atoms with E-state index in [1.54, 1.807) is 24.3 Å². The van der Waals surface area contributed by atoms with Crippen molar-refractivity contribution in [2.24, 2.45) is 5.92 Å². The Morgan fingerprint density at radius 3 is 1.50 bits per heavy atom. The van der Waals surface area contributed by atoms with E-state index >= 15 is 0 Å². The van der Waals surface area contributed by atoms with Crippen molar-refractivity contribution in [3.8, 4) is 0 Å². The minimum Gasteiger partial charge on any atom is -0.392 e. The van der Waals surface area contributed by atoms with E-state index < -0.39 is 42.0 Å². The Bertz CT molecular complexity index is 2130. The van der Waals surface area contributed by atoms with Crippen LogP contribution in [0, 0.1) is 5.92 Å². The zero-order valence-electron chi connectivity index (χ0n) is 32.6. The lowest BCUT2D eigenvalue weighted by Crippen LogP contribution is -2.60. The van der Waals surface area contributed by atoms with Gasteiger partial charge < -0.3 is 34.3 Å². The summed E-state index contributed by atoms with van der Waals surface area (Å²) in [4.78, 5) is 0. The highest BCUT2D eigenvalue weighted by Crippen LogP contribution is 2.45. The third-order valence-electron chi connectivity index (χ3n) is 11.0. The predicted molar refractivity (Wildman–Crippen MR) is 226 cm³/mol. The van der Waals surface area contributed by atoms with E-state index in [2.05, 4.69) is 0 Å². The largest absolute Gasteiger partial charge is 0.392 e. The fraction of sp³-hybridized carbons (Fsp3) is 0.280. The molecule has 3 N–H and O–H groups in total. The van der Waals surface area contributed by atoms with Gasteiger partial charge >= 0.3 is 0 Å². The average molecular weight is 799 g/mol. The number of aliphatic hydroxyl groups excluding tert-OH is 1. The summed E-state index contributed by atoms with van der Waals surface area (Å²) in [6.07, 6.45) is -2.43. The summed E-state index contributed by atoms with van der Waals surface area (Å²) in [7, 11) is 0. The molecule has 0 heterocycles. The Hall–Kier alpha value is -4.67. The quantitative estimate of drug-likeness (QED) is 0.0793. The highest BCUT2D eigenvalue weighted by molar-refractivity contribution is 6.31. The summed E-state index contributed by atoms with van der Waals surface area (Å²) >= 11 is 6.79. The van der Waals surface area contributed by atoms with E-state index in [1.165, 1.54) is 0 Å². The van der Waals surface area contributed by atoms with Gasteiger partial charge in [0.2, 0.25) is 5.79 Å². The molecule has 8 heteroatoms. The van der Waals surface area contributed by atoms with Crippen LogP contribution in [0.4, 0.5) is 0 Å². The second kappa shape index (κ2) is 19.9. The van der Waals surface area contributed by atoms with Crippen LogP contribution in [0.3, 0.4) is 0 Å². The third-order valence-corrected chi connectivity index (χ3v) is 11.4. The number of aryl methyl sites for hydroxylation is 1. The van der Waals surface area contributed by atoms with Gasteiger partial charge in [-0.05, 0) is 51.9 Å². The first-order valence-corrected chi connectivity index (χ1v) is 20.3. The van der Waals surface area contributed by atoms with Crippen LogP contribution in [-0.2, 0) is 57.6 Å². The number of benzene rings is 6. The van der Waals surface area contributed by atoms with E-state index in [9.17, 15) is 15.3 Å². The molecule has 6 aromatic carbocycles. The van der Waals surface area contributed by atoms with Crippen molar-refractivity contribution in [1.29, 1.82) is 0 Å². The van der Waals surface area contributed by atoms with Crippen LogP contribution in [0.1, 0.15) is 57.3 Å². The van der Waals surface area contributed by atoms with Crippen molar-refractivity contribution in [2.75, 3.05) is 6.61 Å². The molecule has 1 saturated carbocycles. The molecule has 0 bridgehead atoms. The van der Waals surface area contributed by atoms with Gasteiger partial charge in [0.15, 0.2) is 0 Å². The molecular weight excluding hydrogens is 748 g/mol. The summed E-state index contributed by atoms with van der Waals surface area (Å²) < 4.78 is 27.1. The van der Waals surface area contributed by atoms with E-state index in [-0.39, 0.29) is 42.6 Å². The van der Waals surface area contributed by atoms with Gasteiger partial charge in [-0.3, -0.25) is 0 Å². The summed E-state index contributed by atoms with van der Waals surface area (Å²) in [6, 6.07) is 51.9. The van der Waals surface area contributed by atoms with Crippen molar-refractivity contribution in [3.63, 3.8) is 0 Å². The van der Waals surface area contributed by atoms with Gasteiger partial charge in [-0.2, -0.15) is 0 Å². The maximum atomic E-state index is 12.8. The second-order valence-electron chi connectivity index (χ2n) is 14.9. The van der Waals surface area contributed by atoms with Crippen molar-refractivity contribution < 1.29 is 34.3 Å². The van der Waals surface area contributed by atoms with E-state index in [0.29, 0.717) is 12.2 Å². The minimum absolute atomic E-state index is 0.0889. The molecule has 0 aliphatic heterocycles. The lowest BCUT2D eigenvalue weighted by molar-refractivity contribution is -0.228. The standard InChI is InChI=1S/C50H51ClO7/c1-2-35-23-26-41(27-24-35)50(53,54)43-29-40(25-28-44(43)51)45-46(52)42(34-55-30-36-15-7-3-8-16-36)47(56-31-37-17-9-4-10-18-37)49(58-33-39-21-13-6-14-22-39)48(45)57-32-38-19-11-5-12-20-38/h3-29,42,45-49,52-54H,2,30-34H2,1H3. The van der Waals surface area contributed by atoms with Crippen LogP contribution < -0.4 is 0 Å². The highest BCUT2D eigenvalue weighted by atomic mass is 35.5. The Morgan fingerprint density at radius 2 is 1.00 bits per heavy atom. The van der Waals surface area contributed by atoms with Gasteiger partial charge in [0.05, 0.1) is 51.3 Å². The molecular formula is C50H51ClO7. The van der Waals surface area contributed by atoms with Crippen LogP contribution in [0.2, 0.25) is 5.02 Å². The van der Waals surface area contributed by atoms with Gasteiger partial charge in [0, 0.05) is 28.0 Å². The highest BCUT2D eigenvalue weighted by Gasteiger charge is 2.53. The zero-order valence-corrected chi connectivity index (χ0v) is 33.4. The Kier molecular flexibility index (Phi) is 14.2.